The van der Waals surface area contributed by atoms with E-state index >= 15 is 0 Å². The lowest BCUT2D eigenvalue weighted by Gasteiger charge is -2.11. The summed E-state index contributed by atoms with van der Waals surface area (Å²) in [7, 11) is 1.64. The molecule has 0 aromatic heterocycles. The zero-order valence-electron chi connectivity index (χ0n) is 10.9. The molecule has 3 nitrogen and oxygen atoms in total. The summed E-state index contributed by atoms with van der Waals surface area (Å²) >= 11 is 0. The maximum Gasteiger partial charge on any atom is 0.163 e. The van der Waals surface area contributed by atoms with E-state index < -0.39 is 0 Å². The number of unbranched alkanes of at least 4 members (excludes halogenated alkanes) is 4. The van der Waals surface area contributed by atoms with Crippen molar-refractivity contribution in [2.45, 2.75) is 39.0 Å². The molecular weight excluding hydrogens is 214 g/mol. The highest BCUT2D eigenvalue weighted by Crippen LogP contribution is 2.29. The van der Waals surface area contributed by atoms with Gasteiger partial charge in [0, 0.05) is 11.8 Å². The van der Waals surface area contributed by atoms with E-state index in [2.05, 4.69) is 6.92 Å². The van der Waals surface area contributed by atoms with E-state index in [0.29, 0.717) is 5.69 Å². The summed E-state index contributed by atoms with van der Waals surface area (Å²) in [6.07, 6.45) is 6.16. The molecule has 0 saturated heterocycles. The number of nitrogen functional groups attached to an aromatic ring is 1. The van der Waals surface area contributed by atoms with Gasteiger partial charge in [-0.15, -0.1) is 0 Å². The van der Waals surface area contributed by atoms with E-state index in [-0.39, 0.29) is 0 Å². The van der Waals surface area contributed by atoms with Crippen molar-refractivity contribution in [3.05, 3.63) is 18.2 Å². The van der Waals surface area contributed by atoms with Gasteiger partial charge < -0.3 is 15.2 Å². The molecule has 17 heavy (non-hydrogen) atoms. The van der Waals surface area contributed by atoms with Crippen molar-refractivity contribution in [1.82, 2.24) is 0 Å². The first-order valence-electron chi connectivity index (χ1n) is 6.34. The molecule has 0 bridgehead atoms. The molecule has 0 radical (unpaired) electrons. The van der Waals surface area contributed by atoms with Crippen LogP contribution in [0.15, 0.2) is 18.2 Å². The van der Waals surface area contributed by atoms with Gasteiger partial charge in [-0.2, -0.15) is 0 Å². The Hall–Kier alpha value is -1.38. The number of rotatable bonds is 8. The molecule has 0 heterocycles. The number of methoxy groups -OCH3 is 1. The fourth-order valence-corrected chi connectivity index (χ4v) is 1.69. The van der Waals surface area contributed by atoms with E-state index in [9.17, 15) is 0 Å². The largest absolute Gasteiger partial charge is 0.493 e. The van der Waals surface area contributed by atoms with Crippen LogP contribution in [0.2, 0.25) is 0 Å². The van der Waals surface area contributed by atoms with Crippen LogP contribution in [0.4, 0.5) is 5.69 Å². The number of anilines is 1. The topological polar surface area (TPSA) is 44.5 Å². The number of hydrogen-bond acceptors (Lipinski definition) is 3. The minimum atomic E-state index is 0.701. The first kappa shape index (κ1) is 13.7. The van der Waals surface area contributed by atoms with Crippen LogP contribution in [0.1, 0.15) is 39.0 Å². The Bertz CT molecular complexity index is 326. The number of ether oxygens (including phenoxy) is 2. The van der Waals surface area contributed by atoms with Crippen molar-refractivity contribution >= 4 is 5.69 Å². The van der Waals surface area contributed by atoms with Gasteiger partial charge >= 0.3 is 0 Å². The predicted molar refractivity (Wildman–Crippen MR) is 71.7 cm³/mol. The molecule has 2 N–H and O–H groups in total. The van der Waals surface area contributed by atoms with Gasteiger partial charge in [0.1, 0.15) is 0 Å². The van der Waals surface area contributed by atoms with Crippen LogP contribution in [0.3, 0.4) is 0 Å². The zero-order chi connectivity index (χ0) is 12.5. The van der Waals surface area contributed by atoms with Crippen LogP contribution in [-0.4, -0.2) is 13.7 Å². The first-order chi connectivity index (χ1) is 8.27. The molecule has 1 aromatic rings. The van der Waals surface area contributed by atoms with Crippen LogP contribution < -0.4 is 15.2 Å². The Labute approximate surface area is 104 Å². The molecule has 96 valence electrons. The van der Waals surface area contributed by atoms with Gasteiger partial charge in [0.05, 0.1) is 13.7 Å². The fourth-order valence-electron chi connectivity index (χ4n) is 1.69. The average Bonchev–Trinajstić information content (AvgIpc) is 2.34. The van der Waals surface area contributed by atoms with Crippen LogP contribution >= 0.6 is 0 Å². The summed E-state index contributed by atoms with van der Waals surface area (Å²) in [4.78, 5) is 0. The van der Waals surface area contributed by atoms with Crippen LogP contribution in [0.5, 0.6) is 11.5 Å². The monoisotopic (exact) mass is 237 g/mol. The Morgan fingerprint density at radius 2 is 1.82 bits per heavy atom. The maximum atomic E-state index is 5.72. The van der Waals surface area contributed by atoms with Gasteiger partial charge in [0.2, 0.25) is 0 Å². The lowest BCUT2D eigenvalue weighted by molar-refractivity contribution is 0.285. The normalized spacial score (nSPS) is 10.2. The molecular formula is C14H23NO2. The van der Waals surface area contributed by atoms with Crippen molar-refractivity contribution in [3.63, 3.8) is 0 Å². The molecule has 0 aliphatic rings. The SMILES string of the molecule is CCCCCCCOc1cc(N)ccc1OC. The Morgan fingerprint density at radius 3 is 2.53 bits per heavy atom. The quantitative estimate of drug-likeness (QED) is 0.554. The van der Waals surface area contributed by atoms with E-state index in [1.54, 1.807) is 7.11 Å². The summed E-state index contributed by atoms with van der Waals surface area (Å²) in [5.74, 6) is 1.48. The Morgan fingerprint density at radius 1 is 1.06 bits per heavy atom. The summed E-state index contributed by atoms with van der Waals surface area (Å²) in [5, 5.41) is 0. The molecule has 0 fully saturated rings. The third-order valence-electron chi connectivity index (χ3n) is 2.69. The lowest BCUT2D eigenvalue weighted by Crippen LogP contribution is -2.00. The van der Waals surface area contributed by atoms with Gasteiger partial charge in [-0.05, 0) is 18.6 Å². The second-order valence-electron chi connectivity index (χ2n) is 4.17. The summed E-state index contributed by atoms with van der Waals surface area (Å²) in [5.41, 5.74) is 6.42. The standard InChI is InChI=1S/C14H23NO2/c1-3-4-5-6-7-10-17-14-11-12(15)8-9-13(14)16-2/h8-9,11H,3-7,10,15H2,1-2H3. The highest BCUT2D eigenvalue weighted by Gasteiger charge is 2.04. The molecule has 0 spiro atoms. The van der Waals surface area contributed by atoms with E-state index in [1.165, 1.54) is 25.7 Å². The molecule has 0 aliphatic carbocycles. The Balaban J connectivity index is 2.32. The summed E-state index contributed by atoms with van der Waals surface area (Å²) in [6.45, 7) is 2.94. The van der Waals surface area contributed by atoms with Gasteiger partial charge in [0.15, 0.2) is 11.5 Å². The molecule has 0 amide bonds. The summed E-state index contributed by atoms with van der Waals surface area (Å²) in [6, 6.07) is 5.46. The van der Waals surface area contributed by atoms with Gasteiger partial charge in [-0.25, -0.2) is 0 Å². The molecule has 0 atom stereocenters. The van der Waals surface area contributed by atoms with Gasteiger partial charge in [-0.1, -0.05) is 32.6 Å². The fraction of sp³-hybridized carbons (Fsp3) is 0.571. The van der Waals surface area contributed by atoms with E-state index in [1.807, 2.05) is 18.2 Å². The third-order valence-corrected chi connectivity index (χ3v) is 2.69. The molecule has 0 aliphatic heterocycles. The first-order valence-corrected chi connectivity index (χ1v) is 6.34. The molecule has 1 aromatic carbocycles. The molecule has 0 unspecified atom stereocenters. The van der Waals surface area contributed by atoms with Crippen molar-refractivity contribution in [2.24, 2.45) is 0 Å². The number of hydrogen-bond donors (Lipinski definition) is 1. The second-order valence-corrected chi connectivity index (χ2v) is 4.17. The lowest BCUT2D eigenvalue weighted by atomic mass is 10.2. The van der Waals surface area contributed by atoms with E-state index in [4.69, 9.17) is 15.2 Å². The third kappa shape index (κ3) is 4.98. The number of nitrogens with two attached hydrogens (primary N) is 1. The van der Waals surface area contributed by atoms with Gasteiger partial charge in [0.25, 0.3) is 0 Å². The highest BCUT2D eigenvalue weighted by molar-refractivity contribution is 5.51. The maximum absolute atomic E-state index is 5.72. The minimum Gasteiger partial charge on any atom is -0.493 e. The smallest absolute Gasteiger partial charge is 0.163 e. The van der Waals surface area contributed by atoms with Crippen LogP contribution in [0, 0.1) is 0 Å². The van der Waals surface area contributed by atoms with E-state index in [0.717, 1.165) is 24.5 Å². The molecule has 1 rings (SSSR count). The average molecular weight is 237 g/mol. The van der Waals surface area contributed by atoms with Crippen molar-refractivity contribution in [3.8, 4) is 11.5 Å². The second kappa shape index (κ2) is 7.82. The van der Waals surface area contributed by atoms with Crippen molar-refractivity contribution in [2.75, 3.05) is 19.5 Å². The van der Waals surface area contributed by atoms with Crippen molar-refractivity contribution in [1.29, 1.82) is 0 Å². The van der Waals surface area contributed by atoms with Crippen LogP contribution in [-0.2, 0) is 0 Å². The Kier molecular flexibility index (Phi) is 6.30. The predicted octanol–water partition coefficient (Wildman–Crippen LogP) is 3.63. The summed E-state index contributed by atoms with van der Waals surface area (Å²) < 4.78 is 10.9. The van der Waals surface area contributed by atoms with Crippen molar-refractivity contribution < 1.29 is 9.47 Å². The minimum absolute atomic E-state index is 0.701. The van der Waals surface area contributed by atoms with Crippen LogP contribution in [0.25, 0.3) is 0 Å². The zero-order valence-corrected chi connectivity index (χ0v) is 10.9. The molecule has 0 saturated carbocycles. The highest BCUT2D eigenvalue weighted by atomic mass is 16.5. The number of benzene rings is 1. The molecule has 3 heteroatoms. The van der Waals surface area contributed by atoms with Gasteiger partial charge in [-0.3, -0.25) is 0 Å².